The van der Waals surface area contributed by atoms with Crippen molar-refractivity contribution in [2.75, 3.05) is 11.9 Å². The molecular weight excluding hydrogens is 261 g/mol. The summed E-state index contributed by atoms with van der Waals surface area (Å²) in [6.45, 7) is 5.17. The molecule has 0 aliphatic heterocycles. The number of rotatable bonds is 5. The molecule has 2 amide bonds. The SMILES string of the molecule is Cc1cc(F)ccc1NC(=O)CNC(=O)[C@@H](N)C(C)C. The standard InChI is InChI=1S/C14H20FN3O2/c1-8(2)13(16)14(20)17-7-12(19)18-11-5-4-10(15)6-9(11)3/h4-6,8,13H,7,16H2,1-3H3,(H,17,20)(H,18,19)/t13-/m0/s1. The Morgan fingerprint density at radius 1 is 1.35 bits per heavy atom. The Bertz CT molecular complexity index is 503. The molecule has 6 heteroatoms. The molecule has 0 fully saturated rings. The lowest BCUT2D eigenvalue weighted by molar-refractivity contribution is -0.125. The third-order valence-electron chi connectivity index (χ3n) is 2.91. The topological polar surface area (TPSA) is 84.2 Å². The summed E-state index contributed by atoms with van der Waals surface area (Å²) in [5.74, 6) is -1.12. The molecular formula is C14H20FN3O2. The highest BCUT2D eigenvalue weighted by molar-refractivity contribution is 5.95. The van der Waals surface area contributed by atoms with E-state index in [1.165, 1.54) is 18.2 Å². The molecule has 5 nitrogen and oxygen atoms in total. The fraction of sp³-hybridized carbons (Fsp3) is 0.429. The van der Waals surface area contributed by atoms with Crippen LogP contribution in [0.4, 0.5) is 10.1 Å². The Hall–Kier alpha value is -1.95. The first-order valence-electron chi connectivity index (χ1n) is 6.40. The van der Waals surface area contributed by atoms with Crippen LogP contribution in [-0.2, 0) is 9.59 Å². The lowest BCUT2D eigenvalue weighted by atomic mass is 10.1. The summed E-state index contributed by atoms with van der Waals surface area (Å²) in [5.41, 5.74) is 6.78. The first-order valence-corrected chi connectivity index (χ1v) is 6.40. The summed E-state index contributed by atoms with van der Waals surface area (Å²) in [6, 6.07) is 3.42. The Labute approximate surface area is 117 Å². The third-order valence-corrected chi connectivity index (χ3v) is 2.91. The molecule has 0 spiro atoms. The molecule has 0 aliphatic rings. The van der Waals surface area contributed by atoms with Crippen molar-refractivity contribution in [3.8, 4) is 0 Å². The van der Waals surface area contributed by atoms with Gasteiger partial charge in [0.15, 0.2) is 0 Å². The number of amides is 2. The van der Waals surface area contributed by atoms with Gasteiger partial charge in [0.2, 0.25) is 11.8 Å². The molecule has 0 saturated heterocycles. The third kappa shape index (κ3) is 4.62. The quantitative estimate of drug-likeness (QED) is 0.757. The predicted molar refractivity (Wildman–Crippen MR) is 75.6 cm³/mol. The van der Waals surface area contributed by atoms with Crippen molar-refractivity contribution in [3.05, 3.63) is 29.6 Å². The van der Waals surface area contributed by atoms with Crippen LogP contribution in [0.1, 0.15) is 19.4 Å². The van der Waals surface area contributed by atoms with Gasteiger partial charge in [-0.25, -0.2) is 4.39 Å². The lowest BCUT2D eigenvalue weighted by Gasteiger charge is -2.15. The van der Waals surface area contributed by atoms with Gasteiger partial charge in [-0.15, -0.1) is 0 Å². The van der Waals surface area contributed by atoms with Crippen molar-refractivity contribution in [2.24, 2.45) is 11.7 Å². The minimum absolute atomic E-state index is 0.00240. The van der Waals surface area contributed by atoms with Crippen molar-refractivity contribution in [2.45, 2.75) is 26.8 Å². The van der Waals surface area contributed by atoms with Crippen LogP contribution in [-0.4, -0.2) is 24.4 Å². The van der Waals surface area contributed by atoms with Crippen LogP contribution in [0.3, 0.4) is 0 Å². The van der Waals surface area contributed by atoms with Gasteiger partial charge in [-0.3, -0.25) is 9.59 Å². The highest BCUT2D eigenvalue weighted by atomic mass is 19.1. The van der Waals surface area contributed by atoms with E-state index in [2.05, 4.69) is 10.6 Å². The first-order chi connectivity index (χ1) is 9.31. The van der Waals surface area contributed by atoms with Crippen molar-refractivity contribution in [1.29, 1.82) is 0 Å². The maximum Gasteiger partial charge on any atom is 0.243 e. The number of carbonyl (C=O) groups is 2. The lowest BCUT2D eigenvalue weighted by Crippen LogP contribution is -2.46. The zero-order valence-electron chi connectivity index (χ0n) is 11.9. The number of hydrogen-bond donors (Lipinski definition) is 3. The van der Waals surface area contributed by atoms with Gasteiger partial charge in [0, 0.05) is 5.69 Å². The number of hydrogen-bond acceptors (Lipinski definition) is 3. The van der Waals surface area contributed by atoms with Crippen LogP contribution in [0.15, 0.2) is 18.2 Å². The van der Waals surface area contributed by atoms with E-state index in [0.717, 1.165) is 0 Å². The van der Waals surface area contributed by atoms with Crippen molar-refractivity contribution < 1.29 is 14.0 Å². The maximum absolute atomic E-state index is 12.9. The van der Waals surface area contributed by atoms with Crippen LogP contribution in [0.25, 0.3) is 0 Å². The monoisotopic (exact) mass is 281 g/mol. The number of anilines is 1. The normalized spacial score (nSPS) is 12.1. The average Bonchev–Trinajstić information content (AvgIpc) is 2.38. The molecule has 20 heavy (non-hydrogen) atoms. The minimum atomic E-state index is -0.643. The minimum Gasteiger partial charge on any atom is -0.346 e. The molecule has 0 aliphatic carbocycles. The molecule has 0 heterocycles. The number of nitrogens with one attached hydrogen (secondary N) is 2. The van der Waals surface area contributed by atoms with Gasteiger partial charge in [0.25, 0.3) is 0 Å². The molecule has 0 unspecified atom stereocenters. The molecule has 1 atom stereocenters. The van der Waals surface area contributed by atoms with Crippen LogP contribution in [0.2, 0.25) is 0 Å². The first kappa shape index (κ1) is 16.1. The molecule has 0 radical (unpaired) electrons. The molecule has 1 aromatic rings. The average molecular weight is 281 g/mol. The summed E-state index contributed by atoms with van der Waals surface area (Å²) in [7, 11) is 0. The van der Waals surface area contributed by atoms with Crippen molar-refractivity contribution in [3.63, 3.8) is 0 Å². The largest absolute Gasteiger partial charge is 0.346 e. The fourth-order valence-electron chi connectivity index (χ4n) is 1.55. The molecule has 110 valence electrons. The second kappa shape index (κ2) is 7.00. The van der Waals surface area contributed by atoms with E-state index in [0.29, 0.717) is 11.3 Å². The van der Waals surface area contributed by atoms with Crippen molar-refractivity contribution >= 4 is 17.5 Å². The van der Waals surface area contributed by atoms with Gasteiger partial charge in [0.05, 0.1) is 12.6 Å². The van der Waals surface area contributed by atoms with E-state index in [4.69, 9.17) is 5.73 Å². The Kier molecular flexibility index (Phi) is 5.64. The fourth-order valence-corrected chi connectivity index (χ4v) is 1.55. The van der Waals surface area contributed by atoms with Crippen LogP contribution in [0, 0.1) is 18.7 Å². The van der Waals surface area contributed by atoms with Crippen molar-refractivity contribution in [1.82, 2.24) is 5.32 Å². The molecule has 1 aromatic carbocycles. The predicted octanol–water partition coefficient (Wildman–Crippen LogP) is 1.17. The number of nitrogens with two attached hydrogens (primary N) is 1. The van der Waals surface area contributed by atoms with Crippen LogP contribution >= 0.6 is 0 Å². The second-order valence-corrected chi connectivity index (χ2v) is 5.00. The van der Waals surface area contributed by atoms with Crippen LogP contribution < -0.4 is 16.4 Å². The molecule has 1 rings (SSSR count). The van der Waals surface area contributed by atoms with E-state index >= 15 is 0 Å². The number of benzene rings is 1. The number of carbonyl (C=O) groups excluding carboxylic acids is 2. The molecule has 4 N–H and O–H groups in total. The molecule has 0 aromatic heterocycles. The van der Waals surface area contributed by atoms with Gasteiger partial charge >= 0.3 is 0 Å². The number of halogens is 1. The van der Waals surface area contributed by atoms with E-state index in [1.807, 2.05) is 13.8 Å². The van der Waals surface area contributed by atoms with Gasteiger partial charge in [-0.05, 0) is 36.6 Å². The zero-order valence-corrected chi connectivity index (χ0v) is 11.9. The highest BCUT2D eigenvalue weighted by Crippen LogP contribution is 2.15. The molecule has 0 bridgehead atoms. The van der Waals surface area contributed by atoms with Gasteiger partial charge < -0.3 is 16.4 Å². The summed E-state index contributed by atoms with van der Waals surface area (Å²) in [5, 5.41) is 5.06. The van der Waals surface area contributed by atoms with E-state index in [1.54, 1.807) is 6.92 Å². The molecule has 0 saturated carbocycles. The summed E-state index contributed by atoms with van der Waals surface area (Å²) in [4.78, 5) is 23.3. The Morgan fingerprint density at radius 3 is 2.55 bits per heavy atom. The second-order valence-electron chi connectivity index (χ2n) is 5.00. The van der Waals surface area contributed by atoms with Gasteiger partial charge in [-0.1, -0.05) is 13.8 Å². The van der Waals surface area contributed by atoms with Crippen LogP contribution in [0.5, 0.6) is 0 Å². The van der Waals surface area contributed by atoms with Gasteiger partial charge in [0.1, 0.15) is 5.82 Å². The van der Waals surface area contributed by atoms with Gasteiger partial charge in [-0.2, -0.15) is 0 Å². The zero-order chi connectivity index (χ0) is 15.3. The number of aryl methyl sites for hydroxylation is 1. The van der Waals surface area contributed by atoms with E-state index < -0.39 is 6.04 Å². The van der Waals surface area contributed by atoms with E-state index in [9.17, 15) is 14.0 Å². The maximum atomic E-state index is 12.9. The van der Waals surface area contributed by atoms with E-state index in [-0.39, 0.29) is 30.1 Å². The Morgan fingerprint density at radius 2 is 2.00 bits per heavy atom. The summed E-state index contributed by atoms with van der Waals surface area (Å²) < 4.78 is 12.9. The Balaban J connectivity index is 2.50. The smallest absolute Gasteiger partial charge is 0.243 e. The highest BCUT2D eigenvalue weighted by Gasteiger charge is 2.17. The summed E-state index contributed by atoms with van der Waals surface area (Å²) in [6.07, 6.45) is 0. The summed E-state index contributed by atoms with van der Waals surface area (Å²) >= 11 is 0.